The van der Waals surface area contributed by atoms with Gasteiger partial charge in [0.05, 0.1) is 5.52 Å². The van der Waals surface area contributed by atoms with Crippen molar-refractivity contribution in [2.24, 2.45) is 5.73 Å². The number of rotatable bonds is 3. The Balaban J connectivity index is 1.89. The van der Waals surface area contributed by atoms with Crippen LogP contribution in [0.1, 0.15) is 22.5 Å². The number of hydrogen-bond acceptors (Lipinski definition) is 5. The number of likely N-dealkylation sites (N-methyl/N-ethyl adjacent to an activating group) is 1. The van der Waals surface area contributed by atoms with E-state index in [0.29, 0.717) is 23.0 Å². The second kappa shape index (κ2) is 5.85. The van der Waals surface area contributed by atoms with Gasteiger partial charge < -0.3 is 15.7 Å². The van der Waals surface area contributed by atoms with Gasteiger partial charge in [-0.25, -0.2) is 14.1 Å². The number of amides is 2. The van der Waals surface area contributed by atoms with Crippen molar-refractivity contribution in [3.8, 4) is 5.82 Å². The van der Waals surface area contributed by atoms with E-state index in [2.05, 4.69) is 10.1 Å². The van der Waals surface area contributed by atoms with Crippen LogP contribution in [0.4, 0.5) is 4.39 Å². The third-order valence-electron chi connectivity index (χ3n) is 4.83. The molecular formula is C18H16FN5O3. The molecule has 138 valence electrons. The first-order chi connectivity index (χ1) is 12.8. The number of benzene rings is 1. The van der Waals surface area contributed by atoms with Crippen LogP contribution in [0.2, 0.25) is 0 Å². The first kappa shape index (κ1) is 17.1. The van der Waals surface area contributed by atoms with Crippen LogP contribution >= 0.6 is 0 Å². The molecule has 27 heavy (non-hydrogen) atoms. The van der Waals surface area contributed by atoms with Crippen LogP contribution in [-0.2, 0) is 10.4 Å². The van der Waals surface area contributed by atoms with Crippen molar-refractivity contribution in [1.29, 1.82) is 0 Å². The van der Waals surface area contributed by atoms with Gasteiger partial charge >= 0.3 is 0 Å². The fraction of sp³-hybridized carbons (Fsp3) is 0.222. The minimum absolute atomic E-state index is 0.0207. The van der Waals surface area contributed by atoms with Crippen molar-refractivity contribution < 1.29 is 19.1 Å². The zero-order chi connectivity index (χ0) is 19.3. The molecule has 0 aliphatic carbocycles. The summed E-state index contributed by atoms with van der Waals surface area (Å²) < 4.78 is 15.0. The van der Waals surface area contributed by atoms with Gasteiger partial charge in [0.25, 0.3) is 11.8 Å². The average Bonchev–Trinajstić information content (AvgIpc) is 3.15. The highest BCUT2D eigenvalue weighted by Gasteiger charge is 2.45. The fourth-order valence-electron chi connectivity index (χ4n) is 3.36. The van der Waals surface area contributed by atoms with Gasteiger partial charge in [-0.2, -0.15) is 5.10 Å². The van der Waals surface area contributed by atoms with Crippen molar-refractivity contribution in [3.63, 3.8) is 0 Å². The first-order valence-corrected chi connectivity index (χ1v) is 8.24. The van der Waals surface area contributed by atoms with Gasteiger partial charge in [-0.15, -0.1) is 0 Å². The van der Waals surface area contributed by atoms with Gasteiger partial charge in [-0.1, -0.05) is 0 Å². The third kappa shape index (κ3) is 2.55. The summed E-state index contributed by atoms with van der Waals surface area (Å²) in [5.74, 6) is -1.45. The molecule has 0 bridgehead atoms. The molecule has 2 aromatic heterocycles. The van der Waals surface area contributed by atoms with Crippen LogP contribution in [0.15, 0.2) is 36.5 Å². The number of fused-ring (bicyclic) bond motifs is 1. The number of aliphatic hydroxyl groups is 1. The minimum Gasteiger partial charge on any atom is -0.375 e. The molecule has 0 spiro atoms. The molecule has 3 aromatic rings. The maximum Gasteiger partial charge on any atom is 0.269 e. The summed E-state index contributed by atoms with van der Waals surface area (Å²) in [6.07, 6.45) is 1.66. The molecule has 3 N–H and O–H groups in total. The number of nitrogens with zero attached hydrogens (tertiary/aromatic N) is 4. The smallest absolute Gasteiger partial charge is 0.269 e. The largest absolute Gasteiger partial charge is 0.375 e. The number of halogens is 1. The van der Waals surface area contributed by atoms with Crippen LogP contribution in [-0.4, -0.2) is 50.2 Å². The lowest BCUT2D eigenvalue weighted by atomic mass is 9.93. The third-order valence-corrected chi connectivity index (χ3v) is 4.83. The summed E-state index contributed by atoms with van der Waals surface area (Å²) in [7, 11) is 1.62. The average molecular weight is 369 g/mol. The van der Waals surface area contributed by atoms with E-state index in [9.17, 15) is 19.1 Å². The maximum absolute atomic E-state index is 13.8. The van der Waals surface area contributed by atoms with Gasteiger partial charge in [0.2, 0.25) is 0 Å². The molecule has 0 saturated carbocycles. The Bertz CT molecular complexity index is 1100. The molecule has 1 unspecified atom stereocenters. The Kier molecular flexibility index (Phi) is 3.70. The van der Waals surface area contributed by atoms with Crippen molar-refractivity contribution >= 4 is 22.7 Å². The van der Waals surface area contributed by atoms with E-state index in [1.54, 1.807) is 13.1 Å². The normalized spacial score (nSPS) is 19.8. The van der Waals surface area contributed by atoms with E-state index in [1.165, 1.54) is 40.0 Å². The second-order valence-electron chi connectivity index (χ2n) is 6.53. The standard InChI is InChI=1S/C18H16FN5O3/c1-23-7-5-18(27,17(23)26)10-4-6-21-14(8-10)24-13-9-11(19)2-3-12(13)15(22-24)16(20)25/h2-4,6,8-9,27H,5,7H2,1H3,(H2,20,25). The van der Waals surface area contributed by atoms with Gasteiger partial charge in [0.1, 0.15) is 5.82 Å². The quantitative estimate of drug-likeness (QED) is 0.706. The number of carbonyl (C=O) groups excluding carboxylic acids is 2. The molecule has 3 heterocycles. The summed E-state index contributed by atoms with van der Waals surface area (Å²) >= 11 is 0. The van der Waals surface area contributed by atoms with Crippen LogP contribution in [0.5, 0.6) is 0 Å². The summed E-state index contributed by atoms with van der Waals surface area (Å²) in [4.78, 5) is 29.7. The topological polar surface area (TPSA) is 114 Å². The predicted molar refractivity (Wildman–Crippen MR) is 93.5 cm³/mol. The number of carbonyl (C=O) groups is 2. The summed E-state index contributed by atoms with van der Waals surface area (Å²) in [6.45, 7) is 0.425. The molecule has 8 nitrogen and oxygen atoms in total. The van der Waals surface area contributed by atoms with E-state index >= 15 is 0 Å². The lowest BCUT2D eigenvalue weighted by Gasteiger charge is -2.21. The van der Waals surface area contributed by atoms with Crippen LogP contribution < -0.4 is 5.73 Å². The molecule has 0 radical (unpaired) electrons. The number of pyridine rings is 1. The van der Waals surface area contributed by atoms with Gasteiger partial charge in [0.15, 0.2) is 17.1 Å². The summed E-state index contributed by atoms with van der Waals surface area (Å²) in [6, 6.07) is 6.88. The Hall–Kier alpha value is -3.33. The van der Waals surface area contributed by atoms with Gasteiger partial charge in [0, 0.05) is 37.7 Å². The maximum atomic E-state index is 13.8. The summed E-state index contributed by atoms with van der Waals surface area (Å²) in [5, 5.41) is 15.4. The Labute approximate surface area is 153 Å². The van der Waals surface area contributed by atoms with Gasteiger partial charge in [-0.3, -0.25) is 9.59 Å². The SMILES string of the molecule is CN1CCC(O)(c2ccnc(-n3nc(C(N)=O)c4ccc(F)cc43)c2)C1=O. The fourth-order valence-corrected chi connectivity index (χ4v) is 3.36. The number of aromatic nitrogens is 3. The highest BCUT2D eigenvalue weighted by molar-refractivity contribution is 6.04. The highest BCUT2D eigenvalue weighted by Crippen LogP contribution is 2.33. The molecule has 1 aliphatic rings. The molecule has 2 amide bonds. The number of likely N-dealkylation sites (tertiary alicyclic amines) is 1. The number of primary amides is 1. The molecule has 4 rings (SSSR count). The van der Waals surface area contributed by atoms with Gasteiger partial charge in [-0.05, 0) is 29.8 Å². The van der Waals surface area contributed by atoms with Crippen LogP contribution in [0.25, 0.3) is 16.7 Å². The van der Waals surface area contributed by atoms with E-state index in [1.807, 2.05) is 0 Å². The Morgan fingerprint density at radius 3 is 2.78 bits per heavy atom. The Morgan fingerprint density at radius 1 is 1.33 bits per heavy atom. The molecule has 1 saturated heterocycles. The van der Waals surface area contributed by atoms with E-state index in [0.717, 1.165) is 0 Å². The molecular weight excluding hydrogens is 353 g/mol. The number of nitrogens with two attached hydrogens (primary N) is 1. The lowest BCUT2D eigenvalue weighted by molar-refractivity contribution is -0.143. The Morgan fingerprint density at radius 2 is 2.11 bits per heavy atom. The molecule has 9 heteroatoms. The molecule has 1 aromatic carbocycles. The molecule has 1 fully saturated rings. The van der Waals surface area contributed by atoms with E-state index in [-0.39, 0.29) is 17.9 Å². The van der Waals surface area contributed by atoms with Crippen molar-refractivity contribution in [3.05, 3.63) is 53.6 Å². The zero-order valence-electron chi connectivity index (χ0n) is 14.4. The molecule has 1 aliphatic heterocycles. The summed E-state index contributed by atoms with van der Waals surface area (Å²) in [5.41, 5.74) is 4.34. The monoisotopic (exact) mass is 369 g/mol. The van der Waals surface area contributed by atoms with Crippen molar-refractivity contribution in [2.75, 3.05) is 13.6 Å². The molecule has 1 atom stereocenters. The number of hydrogen-bond donors (Lipinski definition) is 2. The van der Waals surface area contributed by atoms with Crippen molar-refractivity contribution in [2.45, 2.75) is 12.0 Å². The predicted octanol–water partition coefficient (Wildman–Crippen LogP) is 0.708. The zero-order valence-corrected chi connectivity index (χ0v) is 14.4. The highest BCUT2D eigenvalue weighted by atomic mass is 19.1. The lowest BCUT2D eigenvalue weighted by Crippen LogP contribution is -2.36. The second-order valence-corrected chi connectivity index (χ2v) is 6.53. The van der Waals surface area contributed by atoms with E-state index in [4.69, 9.17) is 5.73 Å². The van der Waals surface area contributed by atoms with Crippen LogP contribution in [0.3, 0.4) is 0 Å². The van der Waals surface area contributed by atoms with Crippen molar-refractivity contribution in [1.82, 2.24) is 19.7 Å². The van der Waals surface area contributed by atoms with E-state index < -0.39 is 23.2 Å². The van der Waals surface area contributed by atoms with Crippen LogP contribution in [0, 0.1) is 5.82 Å². The first-order valence-electron chi connectivity index (χ1n) is 8.24. The minimum atomic E-state index is -1.66.